The largest absolute Gasteiger partial charge is 0.484 e. The zero-order valence-corrected chi connectivity index (χ0v) is 20.5. The predicted octanol–water partition coefficient (Wildman–Crippen LogP) is 3.09. The molecule has 34 heavy (non-hydrogen) atoms. The Morgan fingerprint density at radius 3 is 2.76 bits per heavy atom. The molecule has 1 N–H and O–H groups in total. The summed E-state index contributed by atoms with van der Waals surface area (Å²) in [5, 5.41) is 3.29. The van der Waals surface area contributed by atoms with E-state index in [0.29, 0.717) is 53.7 Å². The Kier molecular flexibility index (Phi) is 8.90. The maximum atomic E-state index is 12.8. The summed E-state index contributed by atoms with van der Waals surface area (Å²) >= 11 is 6.14. The quantitative estimate of drug-likeness (QED) is 0.490. The number of rotatable bonds is 11. The SMILES string of the molecule is Cc1ccc(Cl)c(OCC(=O)c2ccc3c(c2)N(CCCC(=O)NCCN(C)C)C(=O)CO3)c1. The molecule has 0 atom stereocenters. The van der Waals surface area contributed by atoms with E-state index in [2.05, 4.69) is 5.32 Å². The minimum Gasteiger partial charge on any atom is -0.484 e. The van der Waals surface area contributed by atoms with E-state index in [9.17, 15) is 14.4 Å². The lowest BCUT2D eigenvalue weighted by molar-refractivity contribution is -0.122. The molecule has 0 saturated heterocycles. The van der Waals surface area contributed by atoms with Crippen LogP contribution >= 0.6 is 11.6 Å². The van der Waals surface area contributed by atoms with Crippen molar-refractivity contribution < 1.29 is 23.9 Å². The molecular weight excluding hydrogens is 458 g/mol. The lowest BCUT2D eigenvalue weighted by atomic mass is 10.1. The van der Waals surface area contributed by atoms with E-state index in [-0.39, 0.29) is 30.8 Å². The number of aryl methyl sites for hydroxylation is 1. The van der Waals surface area contributed by atoms with Crippen molar-refractivity contribution in [2.75, 3.05) is 51.8 Å². The van der Waals surface area contributed by atoms with E-state index in [4.69, 9.17) is 21.1 Å². The van der Waals surface area contributed by atoms with Gasteiger partial charge in [-0.2, -0.15) is 0 Å². The molecule has 0 bridgehead atoms. The van der Waals surface area contributed by atoms with Gasteiger partial charge in [-0.15, -0.1) is 0 Å². The Balaban J connectivity index is 1.62. The molecule has 1 aliphatic heterocycles. The average Bonchev–Trinajstić information content (AvgIpc) is 2.80. The third-order valence-electron chi connectivity index (χ3n) is 5.34. The Morgan fingerprint density at radius 1 is 1.21 bits per heavy atom. The molecule has 9 heteroatoms. The molecule has 0 spiro atoms. The van der Waals surface area contributed by atoms with Crippen molar-refractivity contribution >= 4 is 34.9 Å². The average molecular weight is 488 g/mol. The molecule has 0 fully saturated rings. The molecule has 0 aromatic heterocycles. The van der Waals surface area contributed by atoms with Gasteiger partial charge in [0.1, 0.15) is 11.5 Å². The number of carbonyl (C=O) groups excluding carboxylic acids is 3. The van der Waals surface area contributed by atoms with Crippen LogP contribution in [-0.4, -0.2) is 69.4 Å². The Bertz CT molecular complexity index is 1060. The number of anilines is 1. The smallest absolute Gasteiger partial charge is 0.265 e. The number of ketones is 1. The summed E-state index contributed by atoms with van der Waals surface area (Å²) in [5.41, 5.74) is 1.88. The zero-order valence-electron chi connectivity index (χ0n) is 19.7. The second-order valence-corrected chi connectivity index (χ2v) is 8.83. The van der Waals surface area contributed by atoms with Crippen LogP contribution in [0.5, 0.6) is 11.5 Å². The first-order valence-electron chi connectivity index (χ1n) is 11.2. The van der Waals surface area contributed by atoms with Crippen LogP contribution in [0.15, 0.2) is 36.4 Å². The van der Waals surface area contributed by atoms with E-state index in [1.165, 1.54) is 0 Å². The van der Waals surface area contributed by atoms with Gasteiger partial charge < -0.3 is 24.6 Å². The Hall–Kier alpha value is -3.10. The normalized spacial score (nSPS) is 12.9. The first-order chi connectivity index (χ1) is 16.2. The highest BCUT2D eigenvalue weighted by molar-refractivity contribution is 6.32. The highest BCUT2D eigenvalue weighted by Gasteiger charge is 2.26. The van der Waals surface area contributed by atoms with Crippen LogP contribution in [0, 0.1) is 6.92 Å². The second-order valence-electron chi connectivity index (χ2n) is 8.42. The fourth-order valence-electron chi connectivity index (χ4n) is 3.47. The van der Waals surface area contributed by atoms with Gasteiger partial charge in [-0.3, -0.25) is 14.4 Å². The number of hydrogen-bond donors (Lipinski definition) is 1. The summed E-state index contributed by atoms with van der Waals surface area (Å²) in [6.45, 7) is 3.33. The number of nitrogens with one attached hydrogen (secondary N) is 1. The number of hydrogen-bond acceptors (Lipinski definition) is 6. The number of nitrogens with zero attached hydrogens (tertiary/aromatic N) is 2. The number of benzene rings is 2. The van der Waals surface area contributed by atoms with Crippen molar-refractivity contribution in [1.82, 2.24) is 10.2 Å². The molecule has 1 aliphatic rings. The van der Waals surface area contributed by atoms with Gasteiger partial charge in [0, 0.05) is 31.6 Å². The van der Waals surface area contributed by atoms with Crippen molar-refractivity contribution in [3.05, 3.63) is 52.5 Å². The lowest BCUT2D eigenvalue weighted by Gasteiger charge is -2.29. The Morgan fingerprint density at radius 2 is 2.00 bits per heavy atom. The number of likely N-dealkylation sites (N-methyl/N-ethyl adjacent to an activating group) is 1. The minimum absolute atomic E-state index is 0.0568. The summed E-state index contributed by atoms with van der Waals surface area (Å²) in [6.07, 6.45) is 0.795. The molecule has 0 radical (unpaired) electrons. The standard InChI is InChI=1S/C25H30ClN3O5/c1-17-6-8-19(26)23(13-17)33-15-21(30)18-7-9-22-20(14-18)29(25(32)16-34-22)11-4-5-24(31)27-10-12-28(2)3/h6-9,13-14H,4-5,10-12,15-16H2,1-3H3,(H,27,31). The minimum atomic E-state index is -0.251. The fraction of sp³-hybridized carbons (Fsp3) is 0.400. The van der Waals surface area contributed by atoms with Crippen molar-refractivity contribution in [1.29, 1.82) is 0 Å². The van der Waals surface area contributed by atoms with Gasteiger partial charge >= 0.3 is 0 Å². The van der Waals surface area contributed by atoms with E-state index >= 15 is 0 Å². The number of fused-ring (bicyclic) bond motifs is 1. The fourth-order valence-corrected chi connectivity index (χ4v) is 3.65. The number of halogens is 1. The van der Waals surface area contributed by atoms with Crippen LogP contribution in [0.2, 0.25) is 5.02 Å². The summed E-state index contributed by atoms with van der Waals surface area (Å²) in [6, 6.07) is 10.3. The Labute approximate surface area is 204 Å². The van der Waals surface area contributed by atoms with Gasteiger partial charge in [0.05, 0.1) is 10.7 Å². The molecular formula is C25H30ClN3O5. The molecule has 1 heterocycles. The van der Waals surface area contributed by atoms with Gasteiger partial charge in [-0.1, -0.05) is 17.7 Å². The van der Waals surface area contributed by atoms with Crippen LogP contribution < -0.4 is 19.7 Å². The lowest BCUT2D eigenvalue weighted by Crippen LogP contribution is -2.40. The molecule has 2 aromatic carbocycles. The number of ether oxygens (including phenoxy) is 2. The number of Topliss-reactive ketones (excluding diaryl/α,β-unsaturated/α-hetero) is 1. The van der Waals surface area contributed by atoms with Gasteiger partial charge in [-0.25, -0.2) is 0 Å². The maximum Gasteiger partial charge on any atom is 0.265 e. The van der Waals surface area contributed by atoms with Crippen molar-refractivity contribution in [3.63, 3.8) is 0 Å². The van der Waals surface area contributed by atoms with Gasteiger partial charge in [0.25, 0.3) is 5.91 Å². The van der Waals surface area contributed by atoms with E-state index in [1.54, 1.807) is 35.2 Å². The van der Waals surface area contributed by atoms with Crippen LogP contribution in [0.25, 0.3) is 0 Å². The highest BCUT2D eigenvalue weighted by atomic mass is 35.5. The second kappa shape index (κ2) is 11.9. The maximum absolute atomic E-state index is 12.8. The van der Waals surface area contributed by atoms with E-state index < -0.39 is 0 Å². The number of amides is 2. The molecule has 182 valence electrons. The highest BCUT2D eigenvalue weighted by Crippen LogP contribution is 2.33. The zero-order chi connectivity index (χ0) is 24.7. The predicted molar refractivity (Wildman–Crippen MR) is 131 cm³/mol. The van der Waals surface area contributed by atoms with Gasteiger partial charge in [0.2, 0.25) is 5.91 Å². The van der Waals surface area contributed by atoms with Gasteiger partial charge in [0.15, 0.2) is 19.0 Å². The summed E-state index contributed by atoms with van der Waals surface area (Å²) in [7, 11) is 3.88. The molecule has 0 aliphatic carbocycles. The third-order valence-corrected chi connectivity index (χ3v) is 5.65. The van der Waals surface area contributed by atoms with E-state index in [1.807, 2.05) is 32.0 Å². The van der Waals surface area contributed by atoms with Gasteiger partial charge in [-0.05, 0) is 63.3 Å². The molecule has 8 nitrogen and oxygen atoms in total. The third kappa shape index (κ3) is 6.95. The summed E-state index contributed by atoms with van der Waals surface area (Å²) in [4.78, 5) is 40.9. The van der Waals surface area contributed by atoms with Crippen molar-refractivity contribution in [2.45, 2.75) is 19.8 Å². The topological polar surface area (TPSA) is 88.2 Å². The van der Waals surface area contributed by atoms with Crippen LogP contribution in [0.1, 0.15) is 28.8 Å². The monoisotopic (exact) mass is 487 g/mol. The van der Waals surface area contributed by atoms with Crippen molar-refractivity contribution in [3.8, 4) is 11.5 Å². The molecule has 2 aromatic rings. The molecule has 0 saturated carbocycles. The molecule has 2 amide bonds. The first kappa shape index (κ1) is 25.5. The summed E-state index contributed by atoms with van der Waals surface area (Å²) in [5.74, 6) is 0.441. The molecule has 0 unspecified atom stereocenters. The summed E-state index contributed by atoms with van der Waals surface area (Å²) < 4.78 is 11.1. The van der Waals surface area contributed by atoms with Crippen LogP contribution in [-0.2, 0) is 9.59 Å². The number of carbonyl (C=O) groups is 3. The van der Waals surface area contributed by atoms with Crippen LogP contribution in [0.3, 0.4) is 0 Å². The van der Waals surface area contributed by atoms with E-state index in [0.717, 1.165) is 12.1 Å². The van der Waals surface area contributed by atoms with Crippen LogP contribution in [0.4, 0.5) is 5.69 Å². The first-order valence-corrected chi connectivity index (χ1v) is 11.5. The van der Waals surface area contributed by atoms with Crippen molar-refractivity contribution in [2.24, 2.45) is 0 Å². The molecule has 3 rings (SSSR count).